The molecule has 0 saturated carbocycles. The normalized spacial score (nSPS) is 40.6. The number of aliphatic hydroxyl groups excluding tert-OH is 14. The van der Waals surface area contributed by atoms with Crippen LogP contribution in [0.1, 0.15) is 93.4 Å². The molecule has 63 heteroatoms. The van der Waals surface area contributed by atoms with E-state index in [1.165, 1.54) is 0 Å². The van der Waals surface area contributed by atoms with Gasteiger partial charge in [-0.25, -0.2) is 58.9 Å². The SMILES string of the molecule is CC(C[C@H]1[C@H]2O[C@H]3[C@H](O)[C@@H](CC(C)S(=O)(=O)[O-])[C@@H](O[C@H]4[C@H](O)[C@@H](CC(C)S(=O)(=O)[O-])[C@@H](O[C@H]5[C@H](O)[C@@H](CC(C)S(=O)(=O)[O-])[C@@H](O[C@H]6[C@H](O)[C@@H](CC(C)S(=O)(=O)[O-])[C@@H](O[C@H]7[C@H](O)[C@@H](CC(C)S(=O)(=O)[O-])[C@@H](O[C@H]8[C@H](O)[C@@H](CC(C)S(=O)(=O)[O-])[C@@H](O[C@@H]([C@@H]1O)[C@@H](CO)O2)O[C@@H]8CO)O[C@@H]7CO)O[C@@H]6CO)O[C@@H]5CO)O[C@@H]4CO)O[C@@H]3CO)S(=O)(=O)[O-].[Na+].[Na+].[Na+].[Na+].[Na+].[Na+].[Na+]. The maximum atomic E-state index is 12.8. The van der Waals surface area contributed by atoms with Crippen molar-refractivity contribution in [3.63, 3.8) is 0 Å². The van der Waals surface area contributed by atoms with Crippen molar-refractivity contribution in [3.05, 3.63) is 0 Å². The maximum absolute atomic E-state index is 12.8. The molecule has 14 N–H and O–H groups in total. The molecule has 42 atom stereocenters. The van der Waals surface area contributed by atoms with Crippen molar-refractivity contribution in [2.75, 3.05) is 46.2 Å². The van der Waals surface area contributed by atoms with Crippen LogP contribution in [0.3, 0.4) is 0 Å². The largest absolute Gasteiger partial charge is 1.00 e. The maximum Gasteiger partial charge on any atom is 1.00 e. The van der Waals surface area contributed by atoms with Crippen LogP contribution >= 0.6 is 0 Å². The average molecular weight is 2030 g/mol. The molecule has 0 aromatic heterocycles. The fraction of sp³-hybridized carbons (Fsp3) is 1.00. The van der Waals surface area contributed by atoms with E-state index >= 15 is 0 Å². The zero-order valence-electron chi connectivity index (χ0n) is 71.6. The van der Waals surface area contributed by atoms with Gasteiger partial charge < -0.3 is 170 Å². The number of hydrogen-bond acceptors (Lipinski definition) is 49. The summed E-state index contributed by atoms with van der Waals surface area (Å²) < 4.78 is 355. The Kier molecular flexibility index (Phi) is 55.1. The van der Waals surface area contributed by atoms with Crippen molar-refractivity contribution in [1.82, 2.24) is 0 Å². The summed E-state index contributed by atoms with van der Waals surface area (Å²) in [6.07, 6.45) is -72.1. The van der Waals surface area contributed by atoms with Crippen LogP contribution in [-0.4, -0.2) is 417 Å². The van der Waals surface area contributed by atoms with E-state index in [9.17, 15) is 162 Å². The van der Waals surface area contributed by atoms with Crippen molar-refractivity contribution in [2.24, 2.45) is 41.4 Å². The molecule has 0 aromatic rings. The van der Waals surface area contributed by atoms with E-state index in [2.05, 4.69) is 0 Å². The third kappa shape index (κ3) is 32.1. The average Bonchev–Trinajstić information content (AvgIpc) is 0.772. The zero-order valence-corrected chi connectivity index (χ0v) is 91.3. The number of fused-ring (bicyclic) bond motifs is 7. The van der Waals surface area contributed by atoms with E-state index in [-0.39, 0.29) is 207 Å². The summed E-state index contributed by atoms with van der Waals surface area (Å²) in [7, 11) is -38.4. The molecule has 0 amide bonds. The molecule has 49 nitrogen and oxygen atoms in total. The quantitative estimate of drug-likeness (QED) is 0.0255. The van der Waals surface area contributed by atoms with Gasteiger partial charge in [-0.3, -0.25) is 0 Å². The molecular weight excluding hydrogens is 1930 g/mol. The number of rotatable bonds is 28. The first-order valence-electron chi connectivity index (χ1n) is 37.7. The topological polar surface area (TPSA) is 813 Å². The number of aliphatic hydroxyl groups is 14. The van der Waals surface area contributed by atoms with Crippen LogP contribution in [0.25, 0.3) is 0 Å². The summed E-state index contributed by atoms with van der Waals surface area (Å²) in [6, 6.07) is 0. The molecule has 15 heterocycles. The molecule has 700 valence electrons. The Labute approximate surface area is 884 Å². The fourth-order valence-corrected chi connectivity index (χ4v) is 19.5. The minimum atomic E-state index is -5.48. The molecule has 126 heavy (non-hydrogen) atoms. The van der Waals surface area contributed by atoms with Crippen LogP contribution < -0.4 is 207 Å². The second-order valence-electron chi connectivity index (χ2n) is 31.6. The summed E-state index contributed by atoms with van der Waals surface area (Å²) in [5, 5.41) is 151. The predicted octanol–water partition coefficient (Wildman–Crippen LogP) is -32.1. The van der Waals surface area contributed by atoms with E-state index in [1.807, 2.05) is 0 Å². The summed E-state index contributed by atoms with van der Waals surface area (Å²) in [5.74, 6) is -14.6. The Balaban J connectivity index is 0.0000113. The van der Waals surface area contributed by atoms with Crippen LogP contribution in [0.4, 0.5) is 0 Å². The van der Waals surface area contributed by atoms with Crippen LogP contribution in [-0.2, 0) is 137 Å². The van der Waals surface area contributed by atoms with Gasteiger partial charge in [-0.1, -0.05) is 0 Å². The summed E-state index contributed by atoms with van der Waals surface area (Å²) in [4.78, 5) is 0. The predicted molar refractivity (Wildman–Crippen MR) is 377 cm³/mol. The molecule has 7 unspecified atom stereocenters. The van der Waals surface area contributed by atoms with Crippen molar-refractivity contribution < 1.29 is 436 Å². The molecule has 0 aliphatic carbocycles. The molecule has 0 aromatic carbocycles. The van der Waals surface area contributed by atoms with Crippen LogP contribution in [0, 0.1) is 41.4 Å². The smallest absolute Gasteiger partial charge is 0.748 e. The van der Waals surface area contributed by atoms with Gasteiger partial charge in [0.2, 0.25) is 0 Å². The van der Waals surface area contributed by atoms with E-state index in [0.29, 0.717) is 0 Å². The van der Waals surface area contributed by atoms with Gasteiger partial charge in [0.25, 0.3) is 0 Å². The van der Waals surface area contributed by atoms with Gasteiger partial charge in [-0.2, -0.15) is 0 Å². The first kappa shape index (κ1) is 129. The molecule has 15 aliphatic heterocycles. The standard InChI is InChI=1S/C63H112O49S7.7Na/c1-22(113(78,79)80)8-29-43(71)50-36(15-64)99-57(29)106-51-37(16-65)100-59(30(44(51)72)9-23(2)114(81,82)83)108-53-39(18-67)102-61(32(46(53)74)11-25(4)116(87,88)89)110-55-41(20-69)104-63(34(48(55)76)13-27(6)118(93,94)95)112-56-42(21-70)105-62(35(49(56)77)14-28(7)119(96,97)98)111-54-40(19-68)103-60(33(47(54)75)12-26(5)117(90,91)92)109-52-38(17-66)101-58(107-50)31(45(52)73)10-24(3)115(84,85)86;;;;;;;/h22-77H,8-21H2,1-7H3,(H,78,79,80)(H,81,82,83)(H,84,85,86)(H,87,88,89)(H,90,91,92)(H,93,94,95)(H,96,97,98);;;;;;;/q;7*+1/p-7/t22?,23?,24?,25?,26?,27?,28?,29-,30-,31-,32-,33-,34-,35-,36-,37-,38-,39-,40-,41-,42-,43-,44-,45-,46-,47-,48-,49-,50-,51-,52-,53-,54-,55-,56-,57-,58-,59-,60-,61-,62-,63-;;;;;;;/m1......./s1. The fourth-order valence-electron chi connectivity index (χ4n) is 16.3. The van der Waals surface area contributed by atoms with E-state index in [0.717, 1.165) is 48.5 Å². The second-order valence-corrected chi connectivity index (χ2v) is 44.2. The summed E-state index contributed by atoms with van der Waals surface area (Å²) in [5.41, 5.74) is 0. The summed E-state index contributed by atoms with van der Waals surface area (Å²) in [6.45, 7) is -3.93. The first-order chi connectivity index (χ1) is 54.9. The third-order valence-corrected chi connectivity index (χ3v) is 31.8. The Morgan fingerprint density at radius 2 is 0.286 bits per heavy atom. The molecule has 0 radical (unpaired) electrons. The molecule has 15 aliphatic rings. The Bertz CT molecular complexity index is 3430. The number of hydrogen-bond donors (Lipinski definition) is 14. The molecular formula is C63H105Na7O49S7. The van der Waals surface area contributed by atoms with Gasteiger partial charge in [0.1, 0.15) is 85.5 Å². The van der Waals surface area contributed by atoms with E-state index in [1.54, 1.807) is 0 Å². The minimum Gasteiger partial charge on any atom is -0.748 e. The molecule has 14 bridgehead atoms. The minimum absolute atomic E-state index is 0. The van der Waals surface area contributed by atoms with Gasteiger partial charge in [0.15, 0.2) is 44.0 Å². The van der Waals surface area contributed by atoms with Crippen LogP contribution in [0.5, 0.6) is 0 Å². The van der Waals surface area contributed by atoms with Crippen molar-refractivity contribution in [1.29, 1.82) is 0 Å². The van der Waals surface area contributed by atoms with E-state index in [4.69, 9.17) is 66.3 Å². The summed E-state index contributed by atoms with van der Waals surface area (Å²) >= 11 is 0. The van der Waals surface area contributed by atoms with Crippen molar-refractivity contribution in [3.8, 4) is 0 Å². The second kappa shape index (κ2) is 53.7. The van der Waals surface area contributed by atoms with Gasteiger partial charge in [-0.15, -0.1) is 0 Å². The van der Waals surface area contributed by atoms with Crippen LogP contribution in [0.2, 0.25) is 0 Å². The van der Waals surface area contributed by atoms with Gasteiger partial charge >= 0.3 is 207 Å². The van der Waals surface area contributed by atoms with Crippen molar-refractivity contribution >= 4 is 70.8 Å². The Hall–Kier alpha value is 5.25. The Morgan fingerprint density at radius 3 is 0.357 bits per heavy atom. The molecule has 15 saturated heterocycles. The number of ether oxygens (including phenoxy) is 14. The molecule has 0 spiro atoms. The molecule has 15 fully saturated rings. The monoisotopic (exact) mass is 2030 g/mol. The van der Waals surface area contributed by atoms with Gasteiger partial charge in [-0.05, 0) is 93.4 Å². The third-order valence-electron chi connectivity index (χ3n) is 23.6. The first-order valence-corrected chi connectivity index (χ1v) is 48.0. The molecule has 15 rings (SSSR count). The van der Waals surface area contributed by atoms with Gasteiger partial charge in [0, 0.05) is 78.2 Å². The van der Waals surface area contributed by atoms with Crippen molar-refractivity contribution in [2.45, 2.75) is 302 Å². The van der Waals surface area contributed by atoms with Gasteiger partial charge in [0.05, 0.1) is 160 Å². The van der Waals surface area contributed by atoms with Crippen LogP contribution in [0.15, 0.2) is 0 Å². The zero-order chi connectivity index (χ0) is 89.5. The Morgan fingerprint density at radius 1 is 0.198 bits per heavy atom. The van der Waals surface area contributed by atoms with E-state index < -0.39 is 412 Å².